The van der Waals surface area contributed by atoms with Crippen molar-refractivity contribution >= 4 is 9.84 Å². The van der Waals surface area contributed by atoms with Crippen LogP contribution in [0, 0.1) is 29.6 Å². The molecule has 1 heterocycles. The van der Waals surface area contributed by atoms with Gasteiger partial charge >= 0.3 is 0 Å². The fourth-order valence-corrected chi connectivity index (χ4v) is 6.33. The minimum atomic E-state index is -2.68. The molecule has 4 atom stereocenters. The summed E-state index contributed by atoms with van der Waals surface area (Å²) < 4.78 is 22.9. The molecule has 3 nitrogen and oxygen atoms in total. The van der Waals surface area contributed by atoms with Gasteiger partial charge in [-0.2, -0.15) is 0 Å². The third-order valence-electron chi connectivity index (χ3n) is 4.64. The Hall–Kier alpha value is -0.0900. The van der Waals surface area contributed by atoms with Gasteiger partial charge in [-0.25, -0.2) is 8.42 Å². The highest BCUT2D eigenvalue weighted by Crippen LogP contribution is 2.60. The predicted molar refractivity (Wildman–Crippen MR) is 54.4 cm³/mol. The maximum atomic E-state index is 11.4. The molecule has 0 spiro atoms. The van der Waals surface area contributed by atoms with Crippen molar-refractivity contribution in [1.82, 2.24) is 0 Å². The van der Waals surface area contributed by atoms with Crippen molar-refractivity contribution in [2.24, 2.45) is 35.3 Å². The minimum absolute atomic E-state index is 0.468. The Balaban J connectivity index is 1.78. The van der Waals surface area contributed by atoms with Gasteiger partial charge < -0.3 is 5.73 Å². The van der Waals surface area contributed by atoms with Crippen LogP contribution in [0.5, 0.6) is 0 Å². The Morgan fingerprint density at radius 3 is 1.93 bits per heavy atom. The monoisotopic (exact) mass is 215 g/mol. The molecule has 2 N–H and O–H groups in total. The number of hydrogen-bond donors (Lipinski definition) is 1. The van der Waals surface area contributed by atoms with Crippen molar-refractivity contribution in [3.8, 4) is 0 Å². The lowest BCUT2D eigenvalue weighted by atomic mass is 9.60. The number of sulfone groups is 1. The van der Waals surface area contributed by atoms with Crippen molar-refractivity contribution in [2.75, 3.05) is 18.1 Å². The first-order chi connectivity index (χ1) is 6.61. The summed E-state index contributed by atoms with van der Waals surface area (Å²) in [5.41, 5.74) is 5.67. The van der Waals surface area contributed by atoms with Crippen molar-refractivity contribution in [3.05, 3.63) is 0 Å². The lowest BCUT2D eigenvalue weighted by molar-refractivity contribution is 0.0462. The van der Waals surface area contributed by atoms with Crippen LogP contribution >= 0.6 is 0 Å². The van der Waals surface area contributed by atoms with Crippen LogP contribution in [-0.4, -0.2) is 26.5 Å². The highest BCUT2D eigenvalue weighted by atomic mass is 32.2. The summed E-state index contributed by atoms with van der Waals surface area (Å²) in [5, 5.41) is 0. The number of nitrogens with two attached hydrogens (primary N) is 1. The quantitative estimate of drug-likeness (QED) is 0.682. The van der Waals surface area contributed by atoms with Crippen LogP contribution in [0.3, 0.4) is 0 Å². The lowest BCUT2D eigenvalue weighted by Gasteiger charge is -2.44. The zero-order valence-corrected chi connectivity index (χ0v) is 9.04. The van der Waals surface area contributed by atoms with Crippen molar-refractivity contribution in [3.63, 3.8) is 0 Å². The summed E-state index contributed by atoms with van der Waals surface area (Å²) in [7, 11) is -2.68. The van der Waals surface area contributed by atoms with Crippen molar-refractivity contribution < 1.29 is 8.42 Å². The van der Waals surface area contributed by atoms with Gasteiger partial charge in [-0.15, -0.1) is 0 Å². The van der Waals surface area contributed by atoms with Crippen LogP contribution in [0.4, 0.5) is 0 Å². The summed E-state index contributed by atoms with van der Waals surface area (Å²) in [6.45, 7) is 0.791. The van der Waals surface area contributed by atoms with Gasteiger partial charge in [0, 0.05) is 0 Å². The van der Waals surface area contributed by atoms with E-state index >= 15 is 0 Å². The molecule has 14 heavy (non-hydrogen) atoms. The maximum Gasteiger partial charge on any atom is 0.150 e. The van der Waals surface area contributed by atoms with Gasteiger partial charge in [0.15, 0.2) is 9.84 Å². The molecule has 4 unspecified atom stereocenters. The minimum Gasteiger partial charge on any atom is -0.330 e. The van der Waals surface area contributed by atoms with E-state index in [4.69, 9.17) is 5.73 Å². The molecule has 2 aliphatic carbocycles. The van der Waals surface area contributed by atoms with Gasteiger partial charge in [0.25, 0.3) is 0 Å². The molecule has 0 aromatic heterocycles. The van der Waals surface area contributed by atoms with E-state index in [-0.39, 0.29) is 0 Å². The molecule has 1 aliphatic heterocycles. The average Bonchev–Trinajstić information content (AvgIpc) is 2.62. The Kier molecular flexibility index (Phi) is 1.78. The zero-order chi connectivity index (χ0) is 9.92. The molecule has 3 aliphatic rings. The first-order valence-corrected chi connectivity index (χ1v) is 7.33. The molecule has 0 radical (unpaired) electrons. The van der Waals surface area contributed by atoms with E-state index in [1.807, 2.05) is 0 Å². The summed E-state index contributed by atoms with van der Waals surface area (Å²) in [6, 6.07) is 0. The van der Waals surface area contributed by atoms with Gasteiger partial charge in [-0.3, -0.25) is 0 Å². The third-order valence-corrected chi connectivity index (χ3v) is 6.42. The number of fused-ring (bicyclic) bond motifs is 4. The van der Waals surface area contributed by atoms with Crippen molar-refractivity contribution in [2.45, 2.75) is 12.8 Å². The van der Waals surface area contributed by atoms with E-state index in [2.05, 4.69) is 0 Å². The molecular weight excluding hydrogens is 198 g/mol. The summed E-state index contributed by atoms with van der Waals surface area (Å²) in [6.07, 6.45) is 2.38. The number of hydrogen-bond acceptors (Lipinski definition) is 3. The Bertz CT molecular complexity index is 325. The normalized spacial score (nSPS) is 53.6. The summed E-state index contributed by atoms with van der Waals surface area (Å²) in [4.78, 5) is 0. The second-order valence-electron chi connectivity index (χ2n) is 5.31. The zero-order valence-electron chi connectivity index (χ0n) is 8.22. The molecule has 1 saturated heterocycles. The SMILES string of the molecule is NCC1CC2C(C1)C1CS(=O)(=O)CC21. The molecular formula is C10H17NO2S. The topological polar surface area (TPSA) is 60.2 Å². The predicted octanol–water partition coefficient (Wildman–Crippen LogP) is 0.262. The second-order valence-corrected chi connectivity index (χ2v) is 7.46. The van der Waals surface area contributed by atoms with E-state index in [0.29, 0.717) is 41.1 Å². The van der Waals surface area contributed by atoms with Gasteiger partial charge in [0.05, 0.1) is 11.5 Å². The van der Waals surface area contributed by atoms with Crippen LogP contribution in [0.15, 0.2) is 0 Å². The Morgan fingerprint density at radius 1 is 1.00 bits per heavy atom. The number of rotatable bonds is 1. The van der Waals surface area contributed by atoms with Crippen LogP contribution in [0.2, 0.25) is 0 Å². The molecule has 0 aromatic carbocycles. The van der Waals surface area contributed by atoms with Gasteiger partial charge in [0.2, 0.25) is 0 Å². The van der Waals surface area contributed by atoms with Gasteiger partial charge in [-0.1, -0.05) is 0 Å². The van der Waals surface area contributed by atoms with Crippen LogP contribution < -0.4 is 5.73 Å². The largest absolute Gasteiger partial charge is 0.330 e. The van der Waals surface area contributed by atoms with Crippen LogP contribution in [-0.2, 0) is 9.84 Å². The van der Waals surface area contributed by atoms with E-state index < -0.39 is 9.84 Å². The molecule has 0 amide bonds. The molecule has 3 fully saturated rings. The van der Waals surface area contributed by atoms with E-state index in [9.17, 15) is 8.42 Å². The smallest absolute Gasteiger partial charge is 0.150 e. The molecule has 0 aromatic rings. The Morgan fingerprint density at radius 2 is 1.50 bits per heavy atom. The lowest BCUT2D eigenvalue weighted by Crippen LogP contribution is -2.42. The van der Waals surface area contributed by atoms with Crippen molar-refractivity contribution in [1.29, 1.82) is 0 Å². The summed E-state index contributed by atoms with van der Waals surface area (Å²) >= 11 is 0. The second kappa shape index (κ2) is 2.73. The van der Waals surface area contributed by atoms with Crippen LogP contribution in [0.1, 0.15) is 12.8 Å². The molecule has 4 heteroatoms. The van der Waals surface area contributed by atoms with E-state index in [1.165, 1.54) is 12.8 Å². The third kappa shape index (κ3) is 1.10. The molecule has 0 bridgehead atoms. The first kappa shape index (κ1) is 9.16. The van der Waals surface area contributed by atoms with Crippen LogP contribution in [0.25, 0.3) is 0 Å². The first-order valence-electron chi connectivity index (χ1n) is 5.51. The molecule has 80 valence electrons. The van der Waals surface area contributed by atoms with Gasteiger partial charge in [-0.05, 0) is 49.0 Å². The summed E-state index contributed by atoms with van der Waals surface area (Å²) in [5.74, 6) is 4.02. The standard InChI is InChI=1S/C10H17NO2S/c11-3-6-1-7-8(2-6)10-5-14(12,13)4-9(7)10/h6-10H,1-5,11H2. The fourth-order valence-electron chi connectivity index (χ4n) is 4.03. The molecule has 2 saturated carbocycles. The highest BCUT2D eigenvalue weighted by Gasteiger charge is 2.59. The average molecular weight is 215 g/mol. The highest BCUT2D eigenvalue weighted by molar-refractivity contribution is 7.91. The maximum absolute atomic E-state index is 11.4. The Labute approximate surface area is 85.0 Å². The van der Waals surface area contributed by atoms with Gasteiger partial charge in [0.1, 0.15) is 0 Å². The molecule has 3 rings (SSSR count). The van der Waals surface area contributed by atoms with E-state index in [1.54, 1.807) is 0 Å². The fraction of sp³-hybridized carbons (Fsp3) is 1.00. The van der Waals surface area contributed by atoms with E-state index in [0.717, 1.165) is 6.54 Å².